The predicted octanol–water partition coefficient (Wildman–Crippen LogP) is 11.9. The first-order chi connectivity index (χ1) is 25.0. The summed E-state index contributed by atoms with van der Waals surface area (Å²) in [4.78, 5) is 0.612. The molecule has 0 N–H and O–H groups in total. The van der Waals surface area contributed by atoms with Crippen LogP contribution in [0.1, 0.15) is 105 Å². The average Bonchev–Trinajstić information content (AvgIpc) is 3.61. The predicted molar refractivity (Wildman–Crippen MR) is 235 cm³/mol. The van der Waals surface area contributed by atoms with Crippen molar-refractivity contribution in [3.05, 3.63) is 82.9 Å². The quantitative estimate of drug-likeness (QED) is 0.152. The van der Waals surface area contributed by atoms with Gasteiger partial charge in [0.15, 0.2) is 0 Å². The zero-order chi connectivity index (χ0) is 40.3. The van der Waals surface area contributed by atoms with E-state index in [1.54, 1.807) is 32.9 Å². The van der Waals surface area contributed by atoms with Gasteiger partial charge in [-0.1, -0.05) is 152 Å². The van der Waals surface area contributed by atoms with Crippen LogP contribution in [0.3, 0.4) is 0 Å². The van der Waals surface area contributed by atoms with Crippen molar-refractivity contribution < 1.29 is 16.8 Å². The molecule has 0 saturated heterocycles. The molecule has 2 unspecified atom stereocenters. The molecule has 3 aromatic carbocycles. The van der Waals surface area contributed by atoms with Gasteiger partial charge < -0.3 is 0 Å². The molecule has 0 fully saturated rings. The number of benzene rings is 3. The second-order valence-corrected chi connectivity index (χ2v) is 34.4. The first-order valence-electron chi connectivity index (χ1n) is 20.4. The molecule has 3 aromatic rings. The smallest absolute Gasteiger partial charge is 0.263 e. The third-order valence-corrected chi connectivity index (χ3v) is 33.1. The highest BCUT2D eigenvalue weighted by atomic mass is 32.2. The molecule has 2 aliphatic rings. The van der Waals surface area contributed by atoms with Crippen molar-refractivity contribution in [2.75, 3.05) is 8.61 Å². The van der Waals surface area contributed by atoms with Crippen LogP contribution in [0, 0.1) is 13.8 Å². The standard InChI is InChI=1S/C44H68N2O4S2Si2/c1-29(2)53(30(3)4,31(5)6)27-39-23-37-25-44-38(26-43(37)45(39)51(47,48)41-19-15-35(13)16-20-41)24-40(28-54(32(7)8,33(9)10)34(11)12)46(44)52(49,50)42-21-17-36(14)18-22-42/h15-22,25-26,29-34,39-40H,23-24,27-28H2,1-14H3. The summed E-state index contributed by atoms with van der Waals surface area (Å²) in [7, 11) is -11.9. The molecule has 0 saturated carbocycles. The van der Waals surface area contributed by atoms with Crippen LogP contribution in [0.2, 0.25) is 45.3 Å². The molecule has 6 nitrogen and oxygen atoms in total. The molecule has 0 aliphatic carbocycles. The Kier molecular flexibility index (Phi) is 12.3. The fourth-order valence-corrected chi connectivity index (χ4v) is 28.0. The van der Waals surface area contributed by atoms with Crippen molar-refractivity contribution in [3.63, 3.8) is 0 Å². The van der Waals surface area contributed by atoms with E-state index in [0.29, 0.717) is 55.9 Å². The number of anilines is 2. The lowest BCUT2D eigenvalue weighted by Crippen LogP contribution is -2.51. The van der Waals surface area contributed by atoms with E-state index < -0.39 is 36.2 Å². The second-order valence-electron chi connectivity index (χ2n) is 18.6. The minimum absolute atomic E-state index is 0.242. The van der Waals surface area contributed by atoms with Gasteiger partial charge in [0.25, 0.3) is 20.0 Å². The highest BCUT2D eigenvalue weighted by molar-refractivity contribution is 7.93. The van der Waals surface area contributed by atoms with E-state index in [-0.39, 0.29) is 12.1 Å². The number of nitrogens with zero attached hydrogens (tertiary/aromatic N) is 2. The molecule has 2 atom stereocenters. The number of hydrogen-bond donors (Lipinski definition) is 0. The van der Waals surface area contributed by atoms with Gasteiger partial charge in [0.1, 0.15) is 0 Å². The number of aryl methyl sites for hydroxylation is 2. The normalized spacial score (nSPS) is 18.3. The Bertz CT molecular complexity index is 1830. The van der Waals surface area contributed by atoms with Gasteiger partial charge >= 0.3 is 0 Å². The van der Waals surface area contributed by atoms with Gasteiger partial charge in [0, 0.05) is 12.1 Å². The number of fused-ring (bicyclic) bond motifs is 2. The first kappa shape index (κ1) is 42.7. The highest BCUT2D eigenvalue weighted by Gasteiger charge is 2.52. The van der Waals surface area contributed by atoms with Gasteiger partial charge in [-0.25, -0.2) is 16.8 Å². The van der Waals surface area contributed by atoms with Gasteiger partial charge in [-0.15, -0.1) is 0 Å². The molecular formula is C44H68N2O4S2Si2. The van der Waals surface area contributed by atoms with E-state index in [1.165, 1.54) is 0 Å². The fraction of sp³-hybridized carbons (Fsp3) is 0.591. The molecule has 5 rings (SSSR count). The van der Waals surface area contributed by atoms with E-state index in [2.05, 4.69) is 95.2 Å². The molecule has 2 heterocycles. The van der Waals surface area contributed by atoms with E-state index in [1.807, 2.05) is 38.1 Å². The summed E-state index contributed by atoms with van der Waals surface area (Å²) in [5.41, 5.74) is 8.17. The molecule has 10 heteroatoms. The summed E-state index contributed by atoms with van der Waals surface area (Å²) in [6.45, 7) is 32.0. The van der Waals surface area contributed by atoms with Crippen molar-refractivity contribution >= 4 is 47.6 Å². The van der Waals surface area contributed by atoms with E-state index in [0.717, 1.165) is 45.7 Å². The Labute approximate surface area is 331 Å². The van der Waals surface area contributed by atoms with Gasteiger partial charge in [0.05, 0.1) is 37.3 Å². The Balaban J connectivity index is 1.73. The minimum atomic E-state index is -3.92. The van der Waals surface area contributed by atoms with Crippen LogP contribution in [0.25, 0.3) is 0 Å². The van der Waals surface area contributed by atoms with Crippen LogP contribution in [0.4, 0.5) is 11.4 Å². The van der Waals surface area contributed by atoms with Crippen molar-refractivity contribution in [1.82, 2.24) is 0 Å². The summed E-state index contributed by atoms with van der Waals surface area (Å²) in [5, 5.41) is 0. The van der Waals surface area contributed by atoms with Gasteiger partial charge in [-0.2, -0.15) is 0 Å². The molecule has 0 aromatic heterocycles. The zero-order valence-electron chi connectivity index (χ0n) is 35.6. The highest BCUT2D eigenvalue weighted by Crippen LogP contribution is 2.53. The molecular weight excluding hydrogens is 741 g/mol. The summed E-state index contributed by atoms with van der Waals surface area (Å²) in [6.07, 6.45) is 1.14. The third kappa shape index (κ3) is 7.19. The van der Waals surface area contributed by atoms with Crippen LogP contribution in [-0.4, -0.2) is 45.1 Å². The molecule has 54 heavy (non-hydrogen) atoms. The van der Waals surface area contributed by atoms with Crippen molar-refractivity contribution in [2.24, 2.45) is 0 Å². The molecule has 2 aliphatic heterocycles. The Morgan fingerprint density at radius 3 is 1.00 bits per heavy atom. The Morgan fingerprint density at radius 2 is 0.759 bits per heavy atom. The molecule has 0 amide bonds. The van der Waals surface area contributed by atoms with Crippen LogP contribution in [0.15, 0.2) is 70.5 Å². The van der Waals surface area contributed by atoms with E-state index >= 15 is 0 Å². The van der Waals surface area contributed by atoms with Crippen LogP contribution >= 0.6 is 0 Å². The summed E-state index contributed by atoms with van der Waals surface area (Å²) in [5.74, 6) is 0. The lowest BCUT2D eigenvalue weighted by molar-refractivity contribution is 0.580. The SMILES string of the molecule is Cc1ccc(S(=O)(=O)N2c3cc4c(cc3CC2C[Si](C(C)C)(C(C)C)C(C)C)N(S(=O)(=O)c2ccc(C)cc2)C(C[Si](C(C)C)(C(C)C)C(C)C)C4)cc1. The van der Waals surface area contributed by atoms with E-state index in [4.69, 9.17) is 0 Å². The number of sulfonamides is 2. The van der Waals surface area contributed by atoms with Gasteiger partial charge in [-0.05, 0) is 86.3 Å². The largest absolute Gasteiger partial charge is 0.264 e. The van der Waals surface area contributed by atoms with Gasteiger partial charge in [0.2, 0.25) is 0 Å². The zero-order valence-corrected chi connectivity index (χ0v) is 39.2. The lowest BCUT2D eigenvalue weighted by Gasteiger charge is -2.46. The van der Waals surface area contributed by atoms with Crippen LogP contribution < -0.4 is 8.61 Å². The topological polar surface area (TPSA) is 74.8 Å². The number of hydrogen-bond acceptors (Lipinski definition) is 4. The minimum Gasteiger partial charge on any atom is -0.263 e. The maximum Gasteiger partial charge on any atom is 0.264 e. The monoisotopic (exact) mass is 808 g/mol. The maximum absolute atomic E-state index is 15.0. The summed E-state index contributed by atoms with van der Waals surface area (Å²) < 4.78 is 63.4. The Morgan fingerprint density at radius 1 is 0.500 bits per heavy atom. The van der Waals surface area contributed by atoms with Crippen molar-refractivity contribution in [1.29, 1.82) is 0 Å². The Hall–Kier alpha value is -2.41. The maximum atomic E-state index is 15.0. The lowest BCUT2D eigenvalue weighted by atomic mass is 10.0. The summed E-state index contributed by atoms with van der Waals surface area (Å²) in [6, 6.07) is 19.8. The molecule has 0 spiro atoms. The van der Waals surface area contributed by atoms with E-state index in [9.17, 15) is 16.8 Å². The van der Waals surface area contributed by atoms with Crippen LogP contribution in [-0.2, 0) is 32.9 Å². The van der Waals surface area contributed by atoms with Crippen LogP contribution in [0.5, 0.6) is 0 Å². The fourth-order valence-electron chi connectivity index (χ4n) is 11.3. The average molecular weight is 809 g/mol. The third-order valence-electron chi connectivity index (χ3n) is 14.1. The van der Waals surface area contributed by atoms with Crippen molar-refractivity contribution in [2.45, 2.75) is 177 Å². The molecule has 298 valence electrons. The number of rotatable bonds is 14. The first-order valence-corrected chi connectivity index (χ1v) is 28.2. The molecule has 0 radical (unpaired) electrons. The molecule has 0 bridgehead atoms. The van der Waals surface area contributed by atoms with Gasteiger partial charge in [-0.3, -0.25) is 8.61 Å². The second kappa shape index (κ2) is 15.5. The van der Waals surface area contributed by atoms with Crippen molar-refractivity contribution in [3.8, 4) is 0 Å². The summed E-state index contributed by atoms with van der Waals surface area (Å²) >= 11 is 0.